The Labute approximate surface area is 97.1 Å². The summed E-state index contributed by atoms with van der Waals surface area (Å²) in [4.78, 5) is 0. The van der Waals surface area contributed by atoms with Gasteiger partial charge in [0.25, 0.3) is 0 Å². The Hall–Kier alpha value is -0.890. The van der Waals surface area contributed by atoms with Gasteiger partial charge >= 0.3 is 0 Å². The summed E-state index contributed by atoms with van der Waals surface area (Å²) in [5.41, 5.74) is 1.90. The van der Waals surface area contributed by atoms with Crippen LogP contribution in [0.3, 0.4) is 0 Å². The first-order valence-electron chi connectivity index (χ1n) is 6.12. The lowest BCUT2D eigenvalue weighted by Crippen LogP contribution is -2.22. The van der Waals surface area contributed by atoms with Crippen LogP contribution < -0.4 is 5.32 Å². The highest BCUT2D eigenvalue weighted by molar-refractivity contribution is 5.23. The van der Waals surface area contributed by atoms with Crippen LogP contribution in [0.5, 0.6) is 0 Å². The van der Waals surface area contributed by atoms with Crippen LogP contribution in [0.2, 0.25) is 0 Å². The molecule has 1 nitrogen and oxygen atoms in total. The first-order chi connectivity index (χ1) is 7.66. The van der Waals surface area contributed by atoms with Crippen LogP contribution in [0.1, 0.15) is 30.9 Å². The second kappa shape index (κ2) is 4.96. The molecule has 0 amide bonds. The summed E-state index contributed by atoms with van der Waals surface area (Å²) in [6, 6.07) is 5.28. The van der Waals surface area contributed by atoms with Gasteiger partial charge in [-0.3, -0.25) is 0 Å². The molecule has 1 unspecified atom stereocenters. The van der Waals surface area contributed by atoms with Crippen molar-refractivity contribution in [3.05, 3.63) is 35.1 Å². The maximum Gasteiger partial charge on any atom is 0.127 e. The molecule has 0 saturated heterocycles. The van der Waals surface area contributed by atoms with Gasteiger partial charge in [0.05, 0.1) is 0 Å². The molecule has 1 aliphatic rings. The Kier molecular flexibility index (Phi) is 3.59. The molecule has 1 saturated carbocycles. The SMILES string of the molecule is Cc1ccc(F)c(CNCC(C)C2CC2)c1. The average molecular weight is 221 g/mol. The molecule has 1 aliphatic carbocycles. The van der Waals surface area contributed by atoms with Crippen LogP contribution >= 0.6 is 0 Å². The van der Waals surface area contributed by atoms with E-state index in [1.165, 1.54) is 12.8 Å². The van der Waals surface area contributed by atoms with Crippen molar-refractivity contribution < 1.29 is 4.39 Å². The molecule has 1 atom stereocenters. The molecule has 0 bridgehead atoms. The molecule has 0 radical (unpaired) electrons. The topological polar surface area (TPSA) is 12.0 Å². The van der Waals surface area contributed by atoms with Crippen molar-refractivity contribution >= 4 is 0 Å². The summed E-state index contributed by atoms with van der Waals surface area (Å²) in [5, 5.41) is 3.35. The molecular formula is C14H20FN. The molecule has 1 N–H and O–H groups in total. The molecule has 1 fully saturated rings. The molecule has 0 heterocycles. The van der Waals surface area contributed by atoms with Gasteiger partial charge in [-0.15, -0.1) is 0 Å². The third-order valence-corrected chi connectivity index (χ3v) is 3.41. The van der Waals surface area contributed by atoms with E-state index in [-0.39, 0.29) is 5.82 Å². The van der Waals surface area contributed by atoms with Gasteiger partial charge in [0.15, 0.2) is 0 Å². The van der Waals surface area contributed by atoms with Gasteiger partial charge in [-0.2, -0.15) is 0 Å². The third kappa shape index (κ3) is 3.05. The lowest BCUT2D eigenvalue weighted by atomic mass is 10.1. The predicted molar refractivity (Wildman–Crippen MR) is 64.7 cm³/mol. The Morgan fingerprint density at radius 2 is 2.19 bits per heavy atom. The Balaban J connectivity index is 1.81. The highest BCUT2D eigenvalue weighted by Gasteiger charge is 2.27. The van der Waals surface area contributed by atoms with E-state index in [0.29, 0.717) is 6.54 Å². The summed E-state index contributed by atoms with van der Waals surface area (Å²) in [6.07, 6.45) is 2.75. The number of hydrogen-bond acceptors (Lipinski definition) is 1. The predicted octanol–water partition coefficient (Wildman–Crippen LogP) is 3.27. The fraction of sp³-hybridized carbons (Fsp3) is 0.571. The van der Waals surface area contributed by atoms with E-state index in [4.69, 9.17) is 0 Å². The van der Waals surface area contributed by atoms with Gasteiger partial charge in [0.1, 0.15) is 5.82 Å². The monoisotopic (exact) mass is 221 g/mol. The zero-order valence-electron chi connectivity index (χ0n) is 10.1. The fourth-order valence-corrected chi connectivity index (χ4v) is 2.11. The summed E-state index contributed by atoms with van der Waals surface area (Å²) < 4.78 is 13.4. The molecular weight excluding hydrogens is 201 g/mol. The quantitative estimate of drug-likeness (QED) is 0.804. The van der Waals surface area contributed by atoms with Crippen LogP contribution in [-0.4, -0.2) is 6.54 Å². The lowest BCUT2D eigenvalue weighted by Gasteiger charge is -2.12. The van der Waals surface area contributed by atoms with E-state index in [1.807, 2.05) is 19.1 Å². The number of benzene rings is 1. The molecule has 1 aromatic rings. The number of halogens is 1. The Morgan fingerprint density at radius 1 is 1.44 bits per heavy atom. The van der Waals surface area contributed by atoms with E-state index < -0.39 is 0 Å². The van der Waals surface area contributed by atoms with Gasteiger partial charge in [0.2, 0.25) is 0 Å². The summed E-state index contributed by atoms with van der Waals surface area (Å²) in [5.74, 6) is 1.54. The second-order valence-corrected chi connectivity index (χ2v) is 5.04. The van der Waals surface area contributed by atoms with Gasteiger partial charge in [-0.25, -0.2) is 4.39 Å². The van der Waals surface area contributed by atoms with E-state index in [2.05, 4.69) is 12.2 Å². The lowest BCUT2D eigenvalue weighted by molar-refractivity contribution is 0.457. The van der Waals surface area contributed by atoms with Gasteiger partial charge < -0.3 is 5.32 Å². The molecule has 0 aliphatic heterocycles. The minimum Gasteiger partial charge on any atom is -0.312 e. The molecule has 0 aromatic heterocycles. The molecule has 0 spiro atoms. The summed E-state index contributed by atoms with van der Waals surface area (Å²) >= 11 is 0. The van der Waals surface area contributed by atoms with Gasteiger partial charge in [0, 0.05) is 12.1 Å². The molecule has 16 heavy (non-hydrogen) atoms. The van der Waals surface area contributed by atoms with Gasteiger partial charge in [-0.1, -0.05) is 24.6 Å². The highest BCUT2D eigenvalue weighted by Crippen LogP contribution is 2.36. The second-order valence-electron chi connectivity index (χ2n) is 5.04. The van der Waals surface area contributed by atoms with Crippen molar-refractivity contribution in [1.82, 2.24) is 5.32 Å². The Morgan fingerprint density at radius 3 is 2.88 bits per heavy atom. The maximum atomic E-state index is 13.4. The third-order valence-electron chi connectivity index (χ3n) is 3.41. The number of nitrogens with one attached hydrogen (secondary N) is 1. The van der Waals surface area contributed by atoms with E-state index in [1.54, 1.807) is 6.07 Å². The van der Waals surface area contributed by atoms with Gasteiger partial charge in [-0.05, 0) is 44.2 Å². The van der Waals surface area contributed by atoms with Crippen molar-refractivity contribution in [3.8, 4) is 0 Å². The van der Waals surface area contributed by atoms with Crippen molar-refractivity contribution in [2.24, 2.45) is 11.8 Å². The first kappa shape index (κ1) is 11.6. The van der Waals surface area contributed by atoms with Crippen LogP contribution in [0.25, 0.3) is 0 Å². The number of rotatable bonds is 5. The molecule has 2 heteroatoms. The smallest absolute Gasteiger partial charge is 0.127 e. The highest BCUT2D eigenvalue weighted by atomic mass is 19.1. The van der Waals surface area contributed by atoms with Crippen molar-refractivity contribution in [2.75, 3.05) is 6.54 Å². The standard InChI is InChI=1S/C14H20FN/c1-10-3-6-14(15)13(7-10)9-16-8-11(2)12-4-5-12/h3,6-7,11-12,16H,4-5,8-9H2,1-2H3. The van der Waals surface area contributed by atoms with Crippen LogP contribution in [0.4, 0.5) is 4.39 Å². The van der Waals surface area contributed by atoms with E-state index in [9.17, 15) is 4.39 Å². The zero-order chi connectivity index (χ0) is 11.5. The largest absolute Gasteiger partial charge is 0.312 e. The van der Waals surface area contributed by atoms with Crippen molar-refractivity contribution in [2.45, 2.75) is 33.2 Å². The van der Waals surface area contributed by atoms with Crippen LogP contribution in [0.15, 0.2) is 18.2 Å². The fourth-order valence-electron chi connectivity index (χ4n) is 2.11. The minimum atomic E-state index is -0.0998. The Bertz CT molecular complexity index is 358. The van der Waals surface area contributed by atoms with Crippen molar-refractivity contribution in [1.29, 1.82) is 0 Å². The van der Waals surface area contributed by atoms with Crippen molar-refractivity contribution in [3.63, 3.8) is 0 Å². The molecule has 88 valence electrons. The normalized spacial score (nSPS) is 17.4. The van der Waals surface area contributed by atoms with Crippen LogP contribution in [-0.2, 0) is 6.54 Å². The zero-order valence-corrected chi connectivity index (χ0v) is 10.1. The van der Waals surface area contributed by atoms with Crippen LogP contribution in [0, 0.1) is 24.6 Å². The molecule has 1 aromatic carbocycles. The summed E-state index contributed by atoms with van der Waals surface area (Å²) in [7, 11) is 0. The minimum absolute atomic E-state index is 0.0998. The summed E-state index contributed by atoms with van der Waals surface area (Å²) in [6.45, 7) is 5.91. The molecule has 2 rings (SSSR count). The maximum absolute atomic E-state index is 13.4. The van der Waals surface area contributed by atoms with E-state index >= 15 is 0 Å². The number of hydrogen-bond donors (Lipinski definition) is 1. The first-order valence-corrected chi connectivity index (χ1v) is 6.12. The number of aryl methyl sites for hydroxylation is 1. The average Bonchev–Trinajstić information content (AvgIpc) is 3.06. The van der Waals surface area contributed by atoms with E-state index in [0.717, 1.165) is 29.5 Å².